The summed E-state index contributed by atoms with van der Waals surface area (Å²) < 4.78 is 1.96. The summed E-state index contributed by atoms with van der Waals surface area (Å²) in [5, 5.41) is 0. The van der Waals surface area contributed by atoms with Crippen molar-refractivity contribution in [2.45, 2.75) is 29.4 Å². The third-order valence-electron chi connectivity index (χ3n) is 3.09. The highest BCUT2D eigenvalue weighted by atomic mass is 79.9. The van der Waals surface area contributed by atoms with E-state index in [1.165, 1.54) is 17.7 Å². The largest absolute Gasteiger partial charge is 0.383 e. The van der Waals surface area contributed by atoms with Crippen LogP contribution in [-0.2, 0) is 5.75 Å². The summed E-state index contributed by atoms with van der Waals surface area (Å²) in [6.07, 6.45) is 2.41. The minimum Gasteiger partial charge on any atom is -0.383 e. The molecule has 1 aliphatic rings. The topological polar surface area (TPSA) is 51.8 Å². The Labute approximate surface area is 139 Å². The van der Waals surface area contributed by atoms with Gasteiger partial charge in [-0.25, -0.2) is 9.97 Å². The molecule has 1 fully saturated rings. The second-order valence-electron chi connectivity index (χ2n) is 4.74. The van der Waals surface area contributed by atoms with Crippen LogP contribution < -0.4 is 5.73 Å². The van der Waals surface area contributed by atoms with Gasteiger partial charge in [0.25, 0.3) is 0 Å². The van der Waals surface area contributed by atoms with Gasteiger partial charge in [-0.2, -0.15) is 0 Å². The molecule has 2 N–H and O–H groups in total. The van der Waals surface area contributed by atoms with Gasteiger partial charge in [-0.05, 0) is 53.0 Å². The number of benzene rings is 1. The van der Waals surface area contributed by atoms with Gasteiger partial charge in [0.05, 0.1) is 15.9 Å². The van der Waals surface area contributed by atoms with E-state index in [-0.39, 0.29) is 0 Å². The molecule has 1 saturated carbocycles. The molecule has 3 rings (SSSR count). The maximum Gasteiger partial charge on any atom is 0.141 e. The van der Waals surface area contributed by atoms with Crippen LogP contribution in [0.4, 0.5) is 5.82 Å². The van der Waals surface area contributed by atoms with Crippen molar-refractivity contribution in [2.24, 2.45) is 0 Å². The van der Waals surface area contributed by atoms with E-state index in [0.717, 1.165) is 26.2 Å². The molecule has 0 unspecified atom stereocenters. The van der Waals surface area contributed by atoms with Crippen LogP contribution in [-0.4, -0.2) is 9.97 Å². The Kier molecular flexibility index (Phi) is 4.33. The zero-order chi connectivity index (χ0) is 14.1. The lowest BCUT2D eigenvalue weighted by atomic mass is 10.3. The molecule has 1 aromatic carbocycles. The molecule has 0 radical (unpaired) electrons. The van der Waals surface area contributed by atoms with Gasteiger partial charge in [-0.15, -0.1) is 11.8 Å². The Morgan fingerprint density at radius 2 is 1.85 bits per heavy atom. The molecule has 2 aromatic rings. The molecule has 0 saturated heterocycles. The van der Waals surface area contributed by atoms with Crippen LogP contribution in [0.1, 0.15) is 30.3 Å². The van der Waals surface area contributed by atoms with Crippen LogP contribution in [0, 0.1) is 0 Å². The zero-order valence-electron chi connectivity index (χ0n) is 10.6. The first-order chi connectivity index (χ1) is 9.63. The van der Waals surface area contributed by atoms with Gasteiger partial charge in [-0.1, -0.05) is 15.9 Å². The normalized spacial score (nSPS) is 14.5. The highest BCUT2D eigenvalue weighted by molar-refractivity contribution is 9.11. The van der Waals surface area contributed by atoms with E-state index in [4.69, 9.17) is 5.73 Å². The number of nitrogen functional groups attached to an aromatic ring is 1. The molecule has 0 atom stereocenters. The Morgan fingerprint density at radius 1 is 1.15 bits per heavy atom. The standard InChI is InChI=1S/C14H13Br2N3S/c15-9-3-5-10(6-4-9)20-7-11-18-13(8-1-2-8)12(16)14(17)19-11/h3-6,8H,1-2,7H2,(H2,17,18,19). The van der Waals surface area contributed by atoms with E-state index in [2.05, 4.69) is 54.0 Å². The highest BCUT2D eigenvalue weighted by Crippen LogP contribution is 2.43. The summed E-state index contributed by atoms with van der Waals surface area (Å²) in [6.45, 7) is 0. The highest BCUT2D eigenvalue weighted by Gasteiger charge is 2.28. The SMILES string of the molecule is Nc1nc(CSc2ccc(Br)cc2)nc(C2CC2)c1Br. The summed E-state index contributed by atoms with van der Waals surface area (Å²) in [6, 6.07) is 8.24. The van der Waals surface area contributed by atoms with Crippen molar-refractivity contribution in [2.75, 3.05) is 5.73 Å². The fraction of sp³-hybridized carbons (Fsp3) is 0.286. The van der Waals surface area contributed by atoms with E-state index in [0.29, 0.717) is 11.7 Å². The molecular weight excluding hydrogens is 402 g/mol. The van der Waals surface area contributed by atoms with E-state index in [1.54, 1.807) is 11.8 Å². The minimum atomic E-state index is 0.549. The molecule has 104 valence electrons. The number of halogens is 2. The molecule has 0 spiro atoms. The molecule has 1 aliphatic carbocycles. The smallest absolute Gasteiger partial charge is 0.141 e. The Hall–Kier alpha value is -0.590. The number of hydrogen-bond donors (Lipinski definition) is 1. The number of aromatic nitrogens is 2. The van der Waals surface area contributed by atoms with Crippen molar-refractivity contribution in [3.8, 4) is 0 Å². The number of anilines is 1. The van der Waals surface area contributed by atoms with Crippen LogP contribution in [0.15, 0.2) is 38.1 Å². The minimum absolute atomic E-state index is 0.549. The Balaban J connectivity index is 1.75. The maximum atomic E-state index is 5.96. The predicted molar refractivity (Wildman–Crippen MR) is 89.8 cm³/mol. The monoisotopic (exact) mass is 413 g/mol. The molecule has 3 nitrogen and oxygen atoms in total. The third kappa shape index (κ3) is 3.35. The van der Waals surface area contributed by atoms with Gasteiger partial charge in [0.1, 0.15) is 11.6 Å². The van der Waals surface area contributed by atoms with Gasteiger partial charge >= 0.3 is 0 Å². The first-order valence-corrected chi connectivity index (χ1v) is 8.91. The number of thioether (sulfide) groups is 1. The predicted octanol–water partition coefficient (Wildman–Crippen LogP) is 4.75. The van der Waals surface area contributed by atoms with Crippen LogP contribution in [0.3, 0.4) is 0 Å². The molecule has 1 heterocycles. The number of nitrogens with zero attached hydrogens (tertiary/aromatic N) is 2. The van der Waals surface area contributed by atoms with E-state index < -0.39 is 0 Å². The van der Waals surface area contributed by atoms with Crippen molar-refractivity contribution >= 4 is 49.4 Å². The average molecular weight is 415 g/mol. The summed E-state index contributed by atoms with van der Waals surface area (Å²) in [7, 11) is 0. The lowest BCUT2D eigenvalue weighted by Gasteiger charge is -2.08. The summed E-state index contributed by atoms with van der Waals surface area (Å²) in [5.41, 5.74) is 7.04. The molecule has 6 heteroatoms. The van der Waals surface area contributed by atoms with Crippen molar-refractivity contribution in [3.05, 3.63) is 44.7 Å². The average Bonchev–Trinajstić information content (AvgIpc) is 3.26. The van der Waals surface area contributed by atoms with E-state index in [9.17, 15) is 0 Å². The van der Waals surface area contributed by atoms with Crippen LogP contribution in [0.5, 0.6) is 0 Å². The maximum absolute atomic E-state index is 5.96. The number of hydrogen-bond acceptors (Lipinski definition) is 4. The lowest BCUT2D eigenvalue weighted by Crippen LogP contribution is -2.04. The summed E-state index contributed by atoms with van der Waals surface area (Å²) >= 11 is 8.65. The Bertz CT molecular complexity index is 627. The summed E-state index contributed by atoms with van der Waals surface area (Å²) in [4.78, 5) is 10.2. The van der Waals surface area contributed by atoms with Crippen molar-refractivity contribution < 1.29 is 0 Å². The van der Waals surface area contributed by atoms with Gasteiger partial charge in [0, 0.05) is 15.3 Å². The number of nitrogens with two attached hydrogens (primary N) is 1. The van der Waals surface area contributed by atoms with E-state index >= 15 is 0 Å². The number of rotatable bonds is 4. The van der Waals surface area contributed by atoms with E-state index in [1.807, 2.05) is 12.1 Å². The van der Waals surface area contributed by atoms with Gasteiger partial charge < -0.3 is 5.73 Å². The second-order valence-corrected chi connectivity index (χ2v) is 7.50. The molecule has 0 bridgehead atoms. The summed E-state index contributed by atoms with van der Waals surface area (Å²) in [5.74, 6) is 2.65. The van der Waals surface area contributed by atoms with Gasteiger partial charge in [0.15, 0.2) is 0 Å². The molecule has 1 aromatic heterocycles. The van der Waals surface area contributed by atoms with Gasteiger partial charge in [-0.3, -0.25) is 0 Å². The second kappa shape index (κ2) is 6.03. The quantitative estimate of drug-likeness (QED) is 0.733. The molecule has 0 aliphatic heterocycles. The first kappa shape index (κ1) is 14.4. The van der Waals surface area contributed by atoms with Crippen LogP contribution in [0.25, 0.3) is 0 Å². The van der Waals surface area contributed by atoms with Gasteiger partial charge in [0.2, 0.25) is 0 Å². The third-order valence-corrected chi connectivity index (χ3v) is 5.44. The molecular formula is C14H13Br2N3S. The van der Waals surface area contributed by atoms with Crippen LogP contribution >= 0.6 is 43.6 Å². The molecule has 20 heavy (non-hydrogen) atoms. The molecule has 0 amide bonds. The fourth-order valence-corrected chi connectivity index (χ4v) is 3.42. The van der Waals surface area contributed by atoms with Crippen molar-refractivity contribution in [1.82, 2.24) is 9.97 Å². The van der Waals surface area contributed by atoms with Crippen molar-refractivity contribution in [1.29, 1.82) is 0 Å². The first-order valence-electron chi connectivity index (χ1n) is 6.33. The zero-order valence-corrected chi connectivity index (χ0v) is 14.6. The van der Waals surface area contributed by atoms with Crippen LogP contribution in [0.2, 0.25) is 0 Å². The fourth-order valence-electron chi connectivity index (χ4n) is 1.90. The van der Waals surface area contributed by atoms with Crippen molar-refractivity contribution in [3.63, 3.8) is 0 Å². The lowest BCUT2D eigenvalue weighted by molar-refractivity contribution is 0.926. The Morgan fingerprint density at radius 3 is 2.50 bits per heavy atom.